The Morgan fingerprint density at radius 3 is 2.44 bits per heavy atom. The highest BCUT2D eigenvalue weighted by molar-refractivity contribution is 4.90. The molecular weight excluding hydrogens is 206 g/mol. The number of hydrogen-bond donors (Lipinski definition) is 0. The van der Waals surface area contributed by atoms with Gasteiger partial charge in [-0.1, -0.05) is 19.9 Å². The molecule has 94 valence electrons. The lowest BCUT2D eigenvalue weighted by molar-refractivity contribution is -0.128. The lowest BCUT2D eigenvalue weighted by Gasteiger charge is -2.41. The molecule has 0 bridgehead atoms. The van der Waals surface area contributed by atoms with Crippen molar-refractivity contribution in [2.24, 2.45) is 17.8 Å². The van der Waals surface area contributed by atoms with E-state index in [1.165, 1.54) is 0 Å². The zero-order valence-electron chi connectivity index (χ0n) is 10.5. The van der Waals surface area contributed by atoms with Crippen molar-refractivity contribution >= 4 is 0 Å². The van der Waals surface area contributed by atoms with Gasteiger partial charge in [-0.3, -0.25) is 0 Å². The lowest BCUT2D eigenvalue weighted by atomic mass is 9.69. The lowest BCUT2D eigenvalue weighted by Crippen LogP contribution is -2.40. The van der Waals surface area contributed by atoms with Gasteiger partial charge < -0.3 is 0 Å². The van der Waals surface area contributed by atoms with Gasteiger partial charge in [0.1, 0.15) is 0 Å². The third-order valence-electron chi connectivity index (χ3n) is 3.55. The summed E-state index contributed by atoms with van der Waals surface area (Å²) in [4.78, 5) is 0. The fourth-order valence-corrected chi connectivity index (χ4v) is 2.72. The van der Waals surface area contributed by atoms with Gasteiger partial charge in [0, 0.05) is 12.8 Å². The quantitative estimate of drug-likeness (QED) is 0.424. The summed E-state index contributed by atoms with van der Waals surface area (Å²) in [6.45, 7) is 8.06. The van der Waals surface area contributed by atoms with Crippen LogP contribution in [0.1, 0.15) is 52.4 Å². The molecule has 0 spiro atoms. The van der Waals surface area contributed by atoms with Crippen LogP contribution in [0.4, 0.5) is 8.78 Å². The van der Waals surface area contributed by atoms with Gasteiger partial charge in [-0.25, -0.2) is 8.78 Å². The smallest absolute Gasteiger partial charge is 0.207 e. The van der Waals surface area contributed by atoms with E-state index in [1.807, 2.05) is 6.08 Å². The second-order valence-corrected chi connectivity index (χ2v) is 5.63. The summed E-state index contributed by atoms with van der Waals surface area (Å²) in [5, 5.41) is 0. The molecule has 0 aromatic rings. The van der Waals surface area contributed by atoms with Gasteiger partial charge in [0.25, 0.3) is 0 Å². The SMILES string of the molecule is C=CCCC[C@H](CC(C)C)C1CC(F)(F)C1. The van der Waals surface area contributed by atoms with Crippen molar-refractivity contribution in [1.82, 2.24) is 0 Å². The van der Waals surface area contributed by atoms with Crippen LogP contribution in [0, 0.1) is 17.8 Å². The van der Waals surface area contributed by atoms with E-state index >= 15 is 0 Å². The van der Waals surface area contributed by atoms with Crippen molar-refractivity contribution in [2.75, 3.05) is 0 Å². The van der Waals surface area contributed by atoms with E-state index in [9.17, 15) is 8.78 Å². The average Bonchev–Trinajstić information content (AvgIpc) is 2.12. The summed E-state index contributed by atoms with van der Waals surface area (Å²) < 4.78 is 25.7. The first-order chi connectivity index (χ1) is 7.44. The second kappa shape index (κ2) is 5.79. The molecular formula is C14H24F2. The van der Waals surface area contributed by atoms with Crippen LogP contribution in [-0.4, -0.2) is 5.92 Å². The molecule has 0 aromatic heterocycles. The molecule has 2 heteroatoms. The van der Waals surface area contributed by atoms with E-state index in [0.717, 1.165) is 25.7 Å². The zero-order valence-corrected chi connectivity index (χ0v) is 10.5. The predicted molar refractivity (Wildman–Crippen MR) is 64.7 cm³/mol. The number of rotatable bonds is 7. The normalized spacial score (nSPS) is 21.8. The Morgan fingerprint density at radius 1 is 1.38 bits per heavy atom. The van der Waals surface area contributed by atoms with E-state index < -0.39 is 5.92 Å². The Balaban J connectivity index is 2.35. The summed E-state index contributed by atoms with van der Waals surface area (Å²) in [6.07, 6.45) is 6.46. The Hall–Kier alpha value is -0.400. The first-order valence-electron chi connectivity index (χ1n) is 6.43. The minimum atomic E-state index is -2.36. The highest BCUT2D eigenvalue weighted by atomic mass is 19.3. The maximum atomic E-state index is 12.9. The molecule has 0 aliphatic heterocycles. The molecule has 0 aromatic carbocycles. The summed E-state index contributed by atoms with van der Waals surface area (Å²) in [7, 11) is 0. The van der Waals surface area contributed by atoms with Gasteiger partial charge in [0.05, 0.1) is 0 Å². The third-order valence-corrected chi connectivity index (χ3v) is 3.55. The first-order valence-corrected chi connectivity index (χ1v) is 6.43. The number of allylic oxidation sites excluding steroid dienone is 1. The fourth-order valence-electron chi connectivity index (χ4n) is 2.72. The van der Waals surface area contributed by atoms with Crippen LogP contribution >= 0.6 is 0 Å². The molecule has 16 heavy (non-hydrogen) atoms. The Kier molecular flexibility index (Phi) is 4.94. The standard InChI is InChI=1S/C14H24F2/c1-4-5-6-7-12(8-11(2)3)13-9-14(15,16)10-13/h4,11-13H,1,5-10H2,2-3H3/t12-/m1/s1. The minimum Gasteiger partial charge on any atom is -0.207 e. The van der Waals surface area contributed by atoms with Gasteiger partial charge in [-0.2, -0.15) is 0 Å². The Bertz CT molecular complexity index is 213. The van der Waals surface area contributed by atoms with E-state index in [1.54, 1.807) is 0 Å². The van der Waals surface area contributed by atoms with Gasteiger partial charge in [-0.05, 0) is 43.4 Å². The van der Waals surface area contributed by atoms with E-state index in [-0.39, 0.29) is 18.8 Å². The van der Waals surface area contributed by atoms with Crippen LogP contribution in [0.25, 0.3) is 0 Å². The molecule has 0 amide bonds. The summed E-state index contributed by atoms with van der Waals surface area (Å²) in [5.41, 5.74) is 0. The topological polar surface area (TPSA) is 0 Å². The van der Waals surface area contributed by atoms with E-state index in [0.29, 0.717) is 11.8 Å². The molecule has 1 aliphatic carbocycles. The van der Waals surface area contributed by atoms with Gasteiger partial charge in [-0.15, -0.1) is 6.58 Å². The number of alkyl halides is 2. The van der Waals surface area contributed by atoms with Crippen molar-refractivity contribution in [3.8, 4) is 0 Å². The van der Waals surface area contributed by atoms with Gasteiger partial charge in [0.2, 0.25) is 5.92 Å². The summed E-state index contributed by atoms with van der Waals surface area (Å²) in [5.74, 6) is -0.983. The number of unbranched alkanes of at least 4 members (excludes halogenated alkanes) is 1. The molecule has 0 nitrogen and oxygen atoms in total. The van der Waals surface area contributed by atoms with Crippen LogP contribution in [-0.2, 0) is 0 Å². The number of hydrogen-bond acceptors (Lipinski definition) is 0. The van der Waals surface area contributed by atoms with Crippen molar-refractivity contribution in [1.29, 1.82) is 0 Å². The van der Waals surface area contributed by atoms with Gasteiger partial charge in [0.15, 0.2) is 0 Å². The second-order valence-electron chi connectivity index (χ2n) is 5.63. The fraction of sp³-hybridized carbons (Fsp3) is 0.857. The average molecular weight is 230 g/mol. The molecule has 0 saturated heterocycles. The monoisotopic (exact) mass is 230 g/mol. The predicted octanol–water partition coefficient (Wildman–Crippen LogP) is 5.05. The first kappa shape index (κ1) is 13.7. The molecule has 1 atom stereocenters. The van der Waals surface area contributed by atoms with Gasteiger partial charge >= 0.3 is 0 Å². The minimum absolute atomic E-state index is 0.123. The molecule has 1 aliphatic rings. The summed E-state index contributed by atoms with van der Waals surface area (Å²) in [6, 6.07) is 0. The van der Waals surface area contributed by atoms with Crippen molar-refractivity contribution in [3.63, 3.8) is 0 Å². The largest absolute Gasteiger partial charge is 0.248 e. The summed E-state index contributed by atoms with van der Waals surface area (Å²) >= 11 is 0. The van der Waals surface area contributed by atoms with Crippen molar-refractivity contribution in [3.05, 3.63) is 12.7 Å². The molecule has 1 rings (SSSR count). The van der Waals surface area contributed by atoms with Crippen molar-refractivity contribution in [2.45, 2.75) is 58.3 Å². The van der Waals surface area contributed by atoms with Crippen LogP contribution < -0.4 is 0 Å². The van der Waals surface area contributed by atoms with Crippen molar-refractivity contribution < 1.29 is 8.78 Å². The highest BCUT2D eigenvalue weighted by Crippen LogP contribution is 2.48. The van der Waals surface area contributed by atoms with E-state index in [2.05, 4.69) is 20.4 Å². The number of halogens is 2. The molecule has 0 N–H and O–H groups in total. The third kappa shape index (κ3) is 4.23. The maximum Gasteiger partial charge on any atom is 0.248 e. The van der Waals surface area contributed by atoms with Crippen LogP contribution in [0.3, 0.4) is 0 Å². The Labute approximate surface area is 98.1 Å². The highest BCUT2D eigenvalue weighted by Gasteiger charge is 2.47. The molecule has 0 radical (unpaired) electrons. The molecule has 0 heterocycles. The zero-order chi connectivity index (χ0) is 12.2. The molecule has 0 unspecified atom stereocenters. The van der Waals surface area contributed by atoms with E-state index in [4.69, 9.17) is 0 Å². The maximum absolute atomic E-state index is 12.9. The molecule has 1 fully saturated rings. The van der Waals surface area contributed by atoms with Crippen LogP contribution in [0.5, 0.6) is 0 Å². The van der Waals surface area contributed by atoms with Crippen LogP contribution in [0.15, 0.2) is 12.7 Å². The van der Waals surface area contributed by atoms with Crippen LogP contribution in [0.2, 0.25) is 0 Å². The Morgan fingerprint density at radius 2 is 2.00 bits per heavy atom. The molecule has 1 saturated carbocycles.